The summed E-state index contributed by atoms with van der Waals surface area (Å²) in [6, 6.07) is 16.3. The molecule has 0 amide bonds. The van der Waals surface area contributed by atoms with Gasteiger partial charge in [-0.2, -0.15) is 0 Å². The summed E-state index contributed by atoms with van der Waals surface area (Å²) in [5.74, 6) is 0.484. The Hall–Kier alpha value is -2.66. The molecule has 0 saturated carbocycles. The highest BCUT2D eigenvalue weighted by Gasteiger charge is 2.27. The van der Waals surface area contributed by atoms with Crippen LogP contribution in [0, 0.1) is 6.92 Å². The third kappa shape index (κ3) is 3.54. The summed E-state index contributed by atoms with van der Waals surface area (Å²) >= 11 is 12.0. The summed E-state index contributed by atoms with van der Waals surface area (Å²) in [5, 5.41) is 16.8. The van der Waals surface area contributed by atoms with E-state index in [1.807, 2.05) is 37.3 Å². The van der Waals surface area contributed by atoms with E-state index in [4.69, 9.17) is 27.7 Å². The maximum atomic E-state index is 11.3. The van der Waals surface area contributed by atoms with E-state index in [9.17, 15) is 5.11 Å². The van der Waals surface area contributed by atoms with Crippen LogP contribution in [0.25, 0.3) is 22.6 Å². The largest absolute Gasteiger partial charge is 0.383 e. The van der Waals surface area contributed by atoms with Gasteiger partial charge in [-0.25, -0.2) is 0 Å². The van der Waals surface area contributed by atoms with E-state index >= 15 is 0 Å². The lowest BCUT2D eigenvalue weighted by Crippen LogP contribution is -2.05. The highest BCUT2D eigenvalue weighted by molar-refractivity contribution is 6.30. The smallest absolute Gasteiger partial charge is 0.173 e. The highest BCUT2D eigenvalue weighted by atomic mass is 35.5. The van der Waals surface area contributed by atoms with Gasteiger partial charge in [-0.15, -0.1) is 0 Å². The van der Waals surface area contributed by atoms with Gasteiger partial charge in [0.05, 0.1) is 5.56 Å². The van der Waals surface area contributed by atoms with Crippen LogP contribution in [0.4, 0.5) is 0 Å². The van der Waals surface area contributed by atoms with Crippen molar-refractivity contribution in [2.75, 3.05) is 0 Å². The number of rotatable bonds is 4. The number of aliphatic hydroxyl groups excluding tert-OH is 1. The maximum Gasteiger partial charge on any atom is 0.173 e. The molecule has 0 spiro atoms. The number of hydrogen-bond donors (Lipinski definition) is 1. The van der Waals surface area contributed by atoms with Gasteiger partial charge in [0, 0.05) is 39.1 Å². The van der Waals surface area contributed by atoms with Gasteiger partial charge in [-0.05, 0) is 55.0 Å². The molecule has 1 atom stereocenters. The number of pyridine rings is 1. The summed E-state index contributed by atoms with van der Waals surface area (Å²) in [6.45, 7) is 1.93. The Morgan fingerprint density at radius 2 is 1.50 bits per heavy atom. The van der Waals surface area contributed by atoms with Gasteiger partial charge in [0.25, 0.3) is 0 Å². The SMILES string of the molecule is Cc1ccncc1C(O)c1c(-c2ccc(Cl)cc2)noc1-c1ccc(Cl)cc1. The molecule has 1 N–H and O–H groups in total. The van der Waals surface area contributed by atoms with E-state index in [-0.39, 0.29) is 0 Å². The van der Waals surface area contributed by atoms with Crippen LogP contribution >= 0.6 is 23.2 Å². The number of benzene rings is 2. The van der Waals surface area contributed by atoms with Crippen LogP contribution < -0.4 is 0 Å². The fraction of sp³-hybridized carbons (Fsp3) is 0.0909. The van der Waals surface area contributed by atoms with Gasteiger partial charge >= 0.3 is 0 Å². The van der Waals surface area contributed by atoms with E-state index in [0.29, 0.717) is 32.6 Å². The zero-order valence-corrected chi connectivity index (χ0v) is 16.4. The molecule has 2 aromatic carbocycles. The van der Waals surface area contributed by atoms with Gasteiger partial charge in [-0.1, -0.05) is 40.5 Å². The third-order valence-corrected chi connectivity index (χ3v) is 5.10. The van der Waals surface area contributed by atoms with Gasteiger partial charge < -0.3 is 9.63 Å². The second-order valence-corrected chi connectivity index (χ2v) is 7.30. The van der Waals surface area contributed by atoms with Crippen LogP contribution in [0.3, 0.4) is 0 Å². The van der Waals surface area contributed by atoms with Crippen LogP contribution in [0.2, 0.25) is 10.0 Å². The molecule has 4 aromatic rings. The first-order valence-corrected chi connectivity index (χ1v) is 9.40. The molecule has 0 fully saturated rings. The summed E-state index contributed by atoms with van der Waals surface area (Å²) in [5.41, 5.74) is 4.30. The molecule has 1 unspecified atom stereocenters. The predicted octanol–water partition coefficient (Wildman–Crippen LogP) is 6.10. The Kier molecular flexibility index (Phi) is 5.18. The second kappa shape index (κ2) is 7.76. The molecule has 2 aromatic heterocycles. The van der Waals surface area contributed by atoms with Crippen molar-refractivity contribution >= 4 is 23.2 Å². The minimum atomic E-state index is -0.962. The lowest BCUT2D eigenvalue weighted by atomic mass is 9.93. The monoisotopic (exact) mass is 410 g/mol. The topological polar surface area (TPSA) is 59.2 Å². The number of nitrogens with zero attached hydrogens (tertiary/aromatic N) is 2. The van der Waals surface area contributed by atoms with E-state index in [0.717, 1.165) is 16.7 Å². The number of hydrogen-bond acceptors (Lipinski definition) is 4. The van der Waals surface area contributed by atoms with Crippen molar-refractivity contribution in [1.29, 1.82) is 0 Å². The van der Waals surface area contributed by atoms with Crippen molar-refractivity contribution in [3.05, 3.63) is 93.7 Å². The second-order valence-electron chi connectivity index (χ2n) is 6.42. The first-order valence-electron chi connectivity index (χ1n) is 8.64. The van der Waals surface area contributed by atoms with Crippen molar-refractivity contribution in [2.45, 2.75) is 13.0 Å². The number of aryl methyl sites for hydroxylation is 1. The van der Waals surface area contributed by atoms with Crippen LogP contribution in [0.5, 0.6) is 0 Å². The van der Waals surface area contributed by atoms with E-state index in [1.54, 1.807) is 36.7 Å². The molecule has 4 nitrogen and oxygen atoms in total. The van der Waals surface area contributed by atoms with Crippen molar-refractivity contribution in [3.63, 3.8) is 0 Å². The van der Waals surface area contributed by atoms with E-state index in [2.05, 4.69) is 10.1 Å². The van der Waals surface area contributed by atoms with Crippen LogP contribution in [0.15, 0.2) is 71.5 Å². The fourth-order valence-electron chi connectivity index (χ4n) is 3.09. The van der Waals surface area contributed by atoms with E-state index in [1.165, 1.54) is 0 Å². The zero-order chi connectivity index (χ0) is 19.7. The molecule has 6 heteroatoms. The van der Waals surface area contributed by atoms with Crippen LogP contribution in [-0.4, -0.2) is 15.2 Å². The third-order valence-electron chi connectivity index (χ3n) is 4.60. The van der Waals surface area contributed by atoms with Crippen LogP contribution in [-0.2, 0) is 0 Å². The molecule has 140 valence electrons. The Balaban J connectivity index is 1.92. The van der Waals surface area contributed by atoms with Gasteiger partial charge in [0.2, 0.25) is 0 Å². The average Bonchev–Trinajstić information content (AvgIpc) is 3.14. The highest BCUT2D eigenvalue weighted by Crippen LogP contribution is 2.40. The van der Waals surface area contributed by atoms with Crippen molar-refractivity contribution in [1.82, 2.24) is 10.1 Å². The lowest BCUT2D eigenvalue weighted by molar-refractivity contribution is 0.219. The quantitative estimate of drug-likeness (QED) is 0.441. The van der Waals surface area contributed by atoms with Gasteiger partial charge in [0.15, 0.2) is 5.76 Å². The molecule has 0 aliphatic carbocycles. The molecular weight excluding hydrogens is 395 g/mol. The lowest BCUT2D eigenvalue weighted by Gasteiger charge is -2.15. The normalized spacial score (nSPS) is 12.1. The first kappa shape index (κ1) is 18.7. The number of halogens is 2. The molecule has 28 heavy (non-hydrogen) atoms. The Morgan fingerprint density at radius 1 is 0.893 bits per heavy atom. The summed E-state index contributed by atoms with van der Waals surface area (Å²) < 4.78 is 5.68. The number of aromatic nitrogens is 2. The summed E-state index contributed by atoms with van der Waals surface area (Å²) in [4.78, 5) is 4.16. The summed E-state index contributed by atoms with van der Waals surface area (Å²) in [6.07, 6.45) is 2.39. The fourth-order valence-corrected chi connectivity index (χ4v) is 3.35. The Morgan fingerprint density at radius 3 is 2.11 bits per heavy atom. The zero-order valence-electron chi connectivity index (χ0n) is 14.9. The molecule has 0 aliphatic heterocycles. The number of aliphatic hydroxyl groups is 1. The van der Waals surface area contributed by atoms with Crippen molar-refractivity contribution in [3.8, 4) is 22.6 Å². The van der Waals surface area contributed by atoms with Crippen LogP contribution in [0.1, 0.15) is 22.8 Å². The first-order chi connectivity index (χ1) is 13.5. The minimum absolute atomic E-state index is 0.484. The Labute approximate surface area is 172 Å². The molecule has 0 aliphatic rings. The molecule has 0 bridgehead atoms. The Bertz CT molecular complexity index is 1040. The van der Waals surface area contributed by atoms with Gasteiger partial charge in [0.1, 0.15) is 11.8 Å². The molecule has 4 rings (SSSR count). The maximum absolute atomic E-state index is 11.3. The minimum Gasteiger partial charge on any atom is -0.383 e. The molecule has 2 heterocycles. The average molecular weight is 411 g/mol. The standard InChI is InChI=1S/C22H16Cl2N2O2/c1-13-10-11-25-12-18(13)21(27)19-20(14-2-6-16(23)7-3-14)26-28-22(19)15-4-8-17(24)9-5-15/h2-12,21,27H,1H3. The predicted molar refractivity (Wildman–Crippen MR) is 110 cm³/mol. The summed E-state index contributed by atoms with van der Waals surface area (Å²) in [7, 11) is 0. The molecule has 0 radical (unpaired) electrons. The molecule has 0 saturated heterocycles. The van der Waals surface area contributed by atoms with E-state index < -0.39 is 6.10 Å². The van der Waals surface area contributed by atoms with Crippen molar-refractivity contribution < 1.29 is 9.63 Å². The molecular formula is C22H16Cl2N2O2. The van der Waals surface area contributed by atoms with Gasteiger partial charge in [-0.3, -0.25) is 4.98 Å². The van der Waals surface area contributed by atoms with Crippen molar-refractivity contribution in [2.24, 2.45) is 0 Å².